The summed E-state index contributed by atoms with van der Waals surface area (Å²) in [6.45, 7) is 3.26. The van der Waals surface area contributed by atoms with Crippen LogP contribution in [0.5, 0.6) is 0 Å². The highest BCUT2D eigenvalue weighted by atomic mass is 79.9. The van der Waals surface area contributed by atoms with E-state index >= 15 is 0 Å². The van der Waals surface area contributed by atoms with Crippen LogP contribution in [0.15, 0.2) is 9.98 Å². The van der Waals surface area contributed by atoms with Crippen LogP contribution in [-0.4, -0.2) is 23.6 Å². The molecule has 0 saturated carbocycles. The van der Waals surface area contributed by atoms with Crippen molar-refractivity contribution in [2.75, 3.05) is 11.4 Å². The molecule has 2 heterocycles. The Labute approximate surface area is 96.4 Å². The molecule has 0 spiro atoms. The molecule has 2 rings (SSSR count). The molecule has 0 aromatic carbocycles. The van der Waals surface area contributed by atoms with Crippen molar-refractivity contribution in [1.82, 2.24) is 4.98 Å². The van der Waals surface area contributed by atoms with Crippen LogP contribution in [0.3, 0.4) is 0 Å². The van der Waals surface area contributed by atoms with Gasteiger partial charge in [-0.1, -0.05) is 0 Å². The number of hydrogen-bond donors (Lipinski definition) is 1. The molecular formula is C9H14BrN3S. The normalized spacial score (nSPS) is 28.1. The number of aromatic nitrogens is 1. The van der Waals surface area contributed by atoms with Gasteiger partial charge in [-0.3, -0.25) is 0 Å². The quantitative estimate of drug-likeness (QED) is 0.855. The second-order valence-corrected chi connectivity index (χ2v) is 5.34. The van der Waals surface area contributed by atoms with E-state index in [1.807, 2.05) is 5.38 Å². The third-order valence-corrected chi connectivity index (χ3v) is 4.34. The predicted molar refractivity (Wildman–Crippen MR) is 63.8 cm³/mol. The zero-order valence-corrected chi connectivity index (χ0v) is 10.5. The highest BCUT2D eigenvalue weighted by molar-refractivity contribution is 9.10. The number of nitrogens with zero attached hydrogens (tertiary/aromatic N) is 2. The topological polar surface area (TPSA) is 42.1 Å². The van der Waals surface area contributed by atoms with Gasteiger partial charge in [0.1, 0.15) is 4.60 Å². The molecule has 5 heteroatoms. The SMILES string of the molecule is C[C@@H]1[C@H](N)CCCN1c1nc(Br)cs1. The summed E-state index contributed by atoms with van der Waals surface area (Å²) in [4.78, 5) is 6.73. The summed E-state index contributed by atoms with van der Waals surface area (Å²) >= 11 is 5.05. The van der Waals surface area contributed by atoms with Gasteiger partial charge in [0.25, 0.3) is 0 Å². The van der Waals surface area contributed by atoms with E-state index in [1.54, 1.807) is 11.3 Å². The van der Waals surface area contributed by atoms with Gasteiger partial charge in [-0.25, -0.2) is 4.98 Å². The van der Waals surface area contributed by atoms with Crippen molar-refractivity contribution in [3.8, 4) is 0 Å². The summed E-state index contributed by atoms with van der Waals surface area (Å²) in [7, 11) is 0. The molecule has 2 atom stereocenters. The van der Waals surface area contributed by atoms with E-state index in [0.29, 0.717) is 6.04 Å². The fraction of sp³-hybridized carbons (Fsp3) is 0.667. The molecule has 1 aliphatic heterocycles. The van der Waals surface area contributed by atoms with E-state index < -0.39 is 0 Å². The first-order valence-corrected chi connectivity index (χ1v) is 6.49. The van der Waals surface area contributed by atoms with Crippen LogP contribution in [0, 0.1) is 0 Å². The Balaban J connectivity index is 2.17. The van der Waals surface area contributed by atoms with Gasteiger partial charge in [-0.05, 0) is 35.7 Å². The van der Waals surface area contributed by atoms with E-state index in [-0.39, 0.29) is 6.04 Å². The molecule has 0 amide bonds. The molecule has 3 nitrogen and oxygen atoms in total. The third kappa shape index (κ3) is 1.94. The lowest BCUT2D eigenvalue weighted by molar-refractivity contribution is 0.420. The molecule has 0 aliphatic carbocycles. The van der Waals surface area contributed by atoms with Gasteiger partial charge in [-0.2, -0.15) is 0 Å². The Morgan fingerprint density at radius 2 is 2.50 bits per heavy atom. The molecule has 1 aromatic rings. The molecule has 0 bridgehead atoms. The standard InChI is InChI=1S/C9H14BrN3S/c1-6-7(11)3-2-4-13(6)9-12-8(10)5-14-9/h5-7H,2-4,11H2,1H3/t6-,7-/m1/s1. The van der Waals surface area contributed by atoms with Crippen molar-refractivity contribution in [2.24, 2.45) is 5.73 Å². The van der Waals surface area contributed by atoms with Crippen LogP contribution in [0.4, 0.5) is 5.13 Å². The van der Waals surface area contributed by atoms with Crippen LogP contribution in [0.1, 0.15) is 19.8 Å². The van der Waals surface area contributed by atoms with Crippen molar-refractivity contribution in [1.29, 1.82) is 0 Å². The minimum atomic E-state index is 0.284. The number of piperidine rings is 1. The molecule has 2 N–H and O–H groups in total. The third-order valence-electron chi connectivity index (χ3n) is 2.76. The van der Waals surface area contributed by atoms with Crippen LogP contribution in [-0.2, 0) is 0 Å². The highest BCUT2D eigenvalue weighted by Gasteiger charge is 2.26. The van der Waals surface area contributed by atoms with Crippen molar-refractivity contribution in [3.05, 3.63) is 9.98 Å². The lowest BCUT2D eigenvalue weighted by Crippen LogP contribution is -2.50. The summed E-state index contributed by atoms with van der Waals surface area (Å²) in [5.74, 6) is 0. The van der Waals surface area contributed by atoms with Gasteiger partial charge in [0.05, 0.1) is 0 Å². The average Bonchev–Trinajstić information content (AvgIpc) is 2.57. The number of nitrogens with two attached hydrogens (primary N) is 1. The first-order chi connectivity index (χ1) is 6.68. The number of rotatable bonds is 1. The highest BCUT2D eigenvalue weighted by Crippen LogP contribution is 2.28. The second-order valence-electron chi connectivity index (χ2n) is 3.69. The Morgan fingerprint density at radius 3 is 3.14 bits per heavy atom. The number of anilines is 1. The van der Waals surface area contributed by atoms with E-state index in [2.05, 4.69) is 32.7 Å². The molecule has 78 valence electrons. The molecule has 1 saturated heterocycles. The van der Waals surface area contributed by atoms with Crippen LogP contribution in [0.2, 0.25) is 0 Å². The Morgan fingerprint density at radius 1 is 1.71 bits per heavy atom. The van der Waals surface area contributed by atoms with Gasteiger partial charge < -0.3 is 10.6 Å². The Hall–Kier alpha value is -0.130. The van der Waals surface area contributed by atoms with Crippen molar-refractivity contribution >= 4 is 32.4 Å². The summed E-state index contributed by atoms with van der Waals surface area (Å²) in [6, 6.07) is 0.688. The van der Waals surface area contributed by atoms with Gasteiger partial charge in [0, 0.05) is 24.0 Å². The van der Waals surface area contributed by atoms with Crippen molar-refractivity contribution in [2.45, 2.75) is 31.8 Å². The molecule has 0 unspecified atom stereocenters. The summed E-state index contributed by atoms with van der Waals surface area (Å²) < 4.78 is 0.920. The maximum atomic E-state index is 6.04. The number of thiazole rings is 1. The largest absolute Gasteiger partial charge is 0.344 e. The fourth-order valence-electron chi connectivity index (χ4n) is 1.82. The lowest BCUT2D eigenvalue weighted by atomic mass is 9.99. The molecule has 0 radical (unpaired) electrons. The van der Waals surface area contributed by atoms with Gasteiger partial charge in [0.2, 0.25) is 0 Å². The van der Waals surface area contributed by atoms with Crippen LogP contribution >= 0.6 is 27.3 Å². The monoisotopic (exact) mass is 275 g/mol. The van der Waals surface area contributed by atoms with Crippen LogP contribution < -0.4 is 10.6 Å². The molecule has 1 fully saturated rings. The first-order valence-electron chi connectivity index (χ1n) is 4.81. The maximum Gasteiger partial charge on any atom is 0.186 e. The Kier molecular flexibility index (Phi) is 3.09. The summed E-state index contributed by atoms with van der Waals surface area (Å²) in [5, 5.41) is 3.10. The molecule has 14 heavy (non-hydrogen) atoms. The van der Waals surface area contributed by atoms with Crippen molar-refractivity contribution < 1.29 is 0 Å². The minimum Gasteiger partial charge on any atom is -0.344 e. The smallest absolute Gasteiger partial charge is 0.186 e. The molecular weight excluding hydrogens is 262 g/mol. The van der Waals surface area contributed by atoms with Gasteiger partial charge in [-0.15, -0.1) is 11.3 Å². The first kappa shape index (κ1) is 10.4. The van der Waals surface area contributed by atoms with Crippen molar-refractivity contribution in [3.63, 3.8) is 0 Å². The van der Waals surface area contributed by atoms with E-state index in [1.165, 1.54) is 6.42 Å². The maximum absolute atomic E-state index is 6.04. The van der Waals surface area contributed by atoms with Gasteiger partial charge in [0.15, 0.2) is 5.13 Å². The van der Waals surface area contributed by atoms with E-state index in [4.69, 9.17) is 5.73 Å². The number of halogens is 1. The fourth-order valence-corrected chi connectivity index (χ4v) is 3.19. The van der Waals surface area contributed by atoms with E-state index in [0.717, 1.165) is 22.7 Å². The predicted octanol–water partition coefficient (Wildman–Crippen LogP) is 2.22. The van der Waals surface area contributed by atoms with Gasteiger partial charge >= 0.3 is 0 Å². The molecule has 1 aromatic heterocycles. The Bertz CT molecular complexity index is 315. The molecule has 1 aliphatic rings. The number of hydrogen-bond acceptors (Lipinski definition) is 4. The van der Waals surface area contributed by atoms with E-state index in [9.17, 15) is 0 Å². The summed E-state index contributed by atoms with van der Waals surface area (Å²) in [6.07, 6.45) is 2.30. The zero-order chi connectivity index (χ0) is 10.1. The average molecular weight is 276 g/mol. The lowest BCUT2D eigenvalue weighted by Gasteiger charge is -2.37. The summed E-state index contributed by atoms with van der Waals surface area (Å²) in [5.41, 5.74) is 6.04. The second kappa shape index (κ2) is 4.16. The van der Waals surface area contributed by atoms with Crippen LogP contribution in [0.25, 0.3) is 0 Å². The zero-order valence-electron chi connectivity index (χ0n) is 8.11. The minimum absolute atomic E-state index is 0.284.